The number of hydrogen-bond acceptors (Lipinski definition) is 3. The zero-order chi connectivity index (χ0) is 14.5. The second-order valence-electron chi connectivity index (χ2n) is 6.38. The van der Waals surface area contributed by atoms with E-state index in [1.54, 1.807) is 0 Å². The van der Waals surface area contributed by atoms with Gasteiger partial charge in [-0.15, -0.1) is 0 Å². The Hall–Kier alpha value is -0.960. The van der Waals surface area contributed by atoms with Crippen molar-refractivity contribution in [2.45, 2.75) is 72.3 Å². The molecule has 2 rings (SSSR count). The Labute approximate surface area is 123 Å². The van der Waals surface area contributed by atoms with Crippen molar-refractivity contribution in [3.05, 3.63) is 22.8 Å². The lowest BCUT2D eigenvalue weighted by Gasteiger charge is -2.26. The van der Waals surface area contributed by atoms with Crippen molar-refractivity contribution in [1.29, 1.82) is 0 Å². The summed E-state index contributed by atoms with van der Waals surface area (Å²) in [6.45, 7) is 10.8. The van der Waals surface area contributed by atoms with Crippen LogP contribution in [0.3, 0.4) is 0 Å². The van der Waals surface area contributed by atoms with Gasteiger partial charge < -0.3 is 5.32 Å². The van der Waals surface area contributed by atoms with Gasteiger partial charge in [-0.3, -0.25) is 0 Å². The van der Waals surface area contributed by atoms with Crippen molar-refractivity contribution in [3.8, 4) is 0 Å². The van der Waals surface area contributed by atoms with E-state index in [0.717, 1.165) is 42.6 Å². The Kier molecular flexibility index (Phi) is 5.53. The van der Waals surface area contributed by atoms with Crippen molar-refractivity contribution in [2.24, 2.45) is 5.92 Å². The minimum atomic E-state index is 0.578. The summed E-state index contributed by atoms with van der Waals surface area (Å²) >= 11 is 0. The molecule has 3 heteroatoms. The minimum absolute atomic E-state index is 0.578. The van der Waals surface area contributed by atoms with Crippen molar-refractivity contribution in [1.82, 2.24) is 15.3 Å². The Morgan fingerprint density at radius 3 is 2.45 bits per heavy atom. The van der Waals surface area contributed by atoms with E-state index in [4.69, 9.17) is 9.97 Å². The molecule has 112 valence electrons. The van der Waals surface area contributed by atoms with E-state index in [0.29, 0.717) is 5.92 Å². The zero-order valence-corrected chi connectivity index (χ0v) is 13.5. The van der Waals surface area contributed by atoms with Crippen LogP contribution >= 0.6 is 0 Å². The van der Waals surface area contributed by atoms with Gasteiger partial charge in [-0.1, -0.05) is 26.7 Å². The normalized spacial score (nSPS) is 23.0. The highest BCUT2D eigenvalue weighted by molar-refractivity contribution is 5.25. The summed E-state index contributed by atoms with van der Waals surface area (Å²) in [6.07, 6.45) is 6.38. The van der Waals surface area contributed by atoms with E-state index >= 15 is 0 Å². The Balaban J connectivity index is 2.12. The number of hydrogen-bond donors (Lipinski definition) is 1. The average molecular weight is 275 g/mol. The maximum atomic E-state index is 4.82. The molecule has 1 aliphatic carbocycles. The maximum absolute atomic E-state index is 4.82. The number of rotatable bonds is 5. The predicted molar refractivity (Wildman–Crippen MR) is 83.9 cm³/mol. The quantitative estimate of drug-likeness (QED) is 0.829. The third-order valence-corrected chi connectivity index (χ3v) is 4.47. The molecule has 0 bridgehead atoms. The Morgan fingerprint density at radius 1 is 1.15 bits per heavy atom. The molecule has 0 radical (unpaired) electrons. The molecule has 2 unspecified atom stereocenters. The highest BCUT2D eigenvalue weighted by Crippen LogP contribution is 2.34. The highest BCUT2D eigenvalue weighted by atomic mass is 14.9. The van der Waals surface area contributed by atoms with Gasteiger partial charge in [0, 0.05) is 29.4 Å². The fourth-order valence-corrected chi connectivity index (χ4v) is 3.26. The molecule has 1 aliphatic rings. The predicted octanol–water partition coefficient (Wildman–Crippen LogP) is 3.89. The van der Waals surface area contributed by atoms with E-state index in [9.17, 15) is 0 Å². The van der Waals surface area contributed by atoms with E-state index < -0.39 is 0 Å². The molecule has 1 saturated carbocycles. The van der Waals surface area contributed by atoms with Crippen LogP contribution in [-0.2, 0) is 6.54 Å². The molecular formula is C17H29N3. The lowest BCUT2D eigenvalue weighted by Crippen LogP contribution is -2.19. The molecule has 0 spiro atoms. The largest absolute Gasteiger partial charge is 0.313 e. The van der Waals surface area contributed by atoms with Gasteiger partial charge in [0.15, 0.2) is 0 Å². The van der Waals surface area contributed by atoms with Gasteiger partial charge in [-0.2, -0.15) is 0 Å². The average Bonchev–Trinajstić information content (AvgIpc) is 2.41. The van der Waals surface area contributed by atoms with Gasteiger partial charge in [0.25, 0.3) is 0 Å². The number of nitrogens with zero attached hydrogens (tertiary/aromatic N) is 2. The van der Waals surface area contributed by atoms with Crippen molar-refractivity contribution >= 4 is 0 Å². The molecule has 0 saturated heterocycles. The van der Waals surface area contributed by atoms with E-state index in [-0.39, 0.29) is 0 Å². The smallest absolute Gasteiger partial charge is 0.131 e. The van der Waals surface area contributed by atoms with Crippen LogP contribution in [0.25, 0.3) is 0 Å². The van der Waals surface area contributed by atoms with E-state index in [2.05, 4.69) is 33.0 Å². The molecule has 1 aromatic heterocycles. The molecule has 1 N–H and O–H groups in total. The minimum Gasteiger partial charge on any atom is -0.313 e. The molecule has 3 nitrogen and oxygen atoms in total. The molecule has 1 heterocycles. The lowest BCUT2D eigenvalue weighted by molar-refractivity contribution is 0.334. The van der Waals surface area contributed by atoms with Gasteiger partial charge in [0.1, 0.15) is 5.82 Å². The summed E-state index contributed by atoms with van der Waals surface area (Å²) in [6, 6.07) is 0. The van der Waals surface area contributed by atoms with Crippen LogP contribution in [0.1, 0.15) is 74.6 Å². The van der Waals surface area contributed by atoms with Crippen molar-refractivity contribution in [2.75, 3.05) is 6.54 Å². The second-order valence-corrected chi connectivity index (χ2v) is 6.38. The molecule has 2 atom stereocenters. The van der Waals surface area contributed by atoms with Gasteiger partial charge in [0.2, 0.25) is 0 Å². The zero-order valence-electron chi connectivity index (χ0n) is 13.5. The lowest BCUT2D eigenvalue weighted by atomic mass is 9.82. The topological polar surface area (TPSA) is 37.8 Å². The standard InChI is InChI=1S/C17H29N3/c1-5-9-18-11-16-13(3)19-17(20-14(16)4)15-8-6-7-12(2)10-15/h12,15,18H,5-11H2,1-4H3. The number of nitrogens with one attached hydrogen (secondary N) is 1. The fourth-order valence-electron chi connectivity index (χ4n) is 3.26. The van der Waals surface area contributed by atoms with Crippen LogP contribution in [0.5, 0.6) is 0 Å². The van der Waals surface area contributed by atoms with E-state index in [1.165, 1.54) is 31.2 Å². The summed E-state index contributed by atoms with van der Waals surface area (Å²) in [5.74, 6) is 2.49. The molecule has 20 heavy (non-hydrogen) atoms. The Bertz CT molecular complexity index is 419. The molecule has 0 aliphatic heterocycles. The van der Waals surface area contributed by atoms with Crippen LogP contribution in [-0.4, -0.2) is 16.5 Å². The van der Waals surface area contributed by atoms with Crippen molar-refractivity contribution < 1.29 is 0 Å². The van der Waals surface area contributed by atoms with Crippen LogP contribution in [0.15, 0.2) is 0 Å². The van der Waals surface area contributed by atoms with Crippen LogP contribution in [0.2, 0.25) is 0 Å². The SMILES string of the molecule is CCCNCc1c(C)nc(C2CCCC(C)C2)nc1C. The molecule has 0 aromatic carbocycles. The van der Waals surface area contributed by atoms with E-state index in [1.807, 2.05) is 0 Å². The van der Waals surface area contributed by atoms with Crippen LogP contribution < -0.4 is 5.32 Å². The first-order chi connectivity index (χ1) is 9.61. The number of aryl methyl sites for hydroxylation is 2. The molecular weight excluding hydrogens is 246 g/mol. The van der Waals surface area contributed by atoms with Gasteiger partial charge in [-0.25, -0.2) is 9.97 Å². The van der Waals surface area contributed by atoms with Gasteiger partial charge in [-0.05, 0) is 45.6 Å². The maximum Gasteiger partial charge on any atom is 0.131 e. The van der Waals surface area contributed by atoms with Gasteiger partial charge in [0.05, 0.1) is 0 Å². The fraction of sp³-hybridized carbons (Fsp3) is 0.765. The van der Waals surface area contributed by atoms with Crippen LogP contribution in [0, 0.1) is 19.8 Å². The second kappa shape index (κ2) is 7.16. The molecule has 1 fully saturated rings. The summed E-state index contributed by atoms with van der Waals surface area (Å²) in [7, 11) is 0. The summed E-state index contributed by atoms with van der Waals surface area (Å²) in [5, 5.41) is 3.46. The first-order valence-electron chi connectivity index (χ1n) is 8.16. The third kappa shape index (κ3) is 3.78. The Morgan fingerprint density at radius 2 is 1.85 bits per heavy atom. The molecule has 1 aromatic rings. The van der Waals surface area contributed by atoms with Gasteiger partial charge >= 0.3 is 0 Å². The third-order valence-electron chi connectivity index (χ3n) is 4.47. The summed E-state index contributed by atoms with van der Waals surface area (Å²) in [4.78, 5) is 9.64. The first-order valence-corrected chi connectivity index (χ1v) is 8.16. The van der Waals surface area contributed by atoms with Crippen LogP contribution in [0.4, 0.5) is 0 Å². The summed E-state index contributed by atoms with van der Waals surface area (Å²) in [5.41, 5.74) is 3.61. The van der Waals surface area contributed by atoms with Crippen molar-refractivity contribution in [3.63, 3.8) is 0 Å². The first kappa shape index (κ1) is 15.4. The number of aromatic nitrogens is 2. The highest BCUT2D eigenvalue weighted by Gasteiger charge is 2.23. The molecule has 0 amide bonds. The summed E-state index contributed by atoms with van der Waals surface area (Å²) < 4.78 is 0. The monoisotopic (exact) mass is 275 g/mol.